The number of hydrogen-bond acceptors (Lipinski definition) is 1. The van der Waals surface area contributed by atoms with Gasteiger partial charge in [-0.3, -0.25) is 0 Å². The molecule has 0 aliphatic rings. The van der Waals surface area contributed by atoms with Crippen LogP contribution < -0.4 is 0 Å². The molecule has 0 aliphatic carbocycles. The normalized spacial score (nSPS) is 9.45. The van der Waals surface area contributed by atoms with Crippen LogP contribution in [0.2, 0.25) is 0 Å². The van der Waals surface area contributed by atoms with Gasteiger partial charge in [0.1, 0.15) is 10.9 Å². The summed E-state index contributed by atoms with van der Waals surface area (Å²) < 4.78 is 0. The summed E-state index contributed by atoms with van der Waals surface area (Å²) in [5.41, 5.74) is 8.52. The summed E-state index contributed by atoms with van der Waals surface area (Å²) in [4.78, 5) is 2.42. The van der Waals surface area contributed by atoms with Crippen molar-refractivity contribution in [2.24, 2.45) is 15.6 Å². The Bertz CT molecular complexity index is 285. The van der Waals surface area contributed by atoms with Crippen LogP contribution >= 0.6 is 0 Å². The van der Waals surface area contributed by atoms with Crippen LogP contribution in [0.4, 0.5) is 5.69 Å². The Labute approximate surface area is 63.0 Å². The molecule has 1 aromatic carbocycles. The van der Waals surface area contributed by atoms with Gasteiger partial charge < -0.3 is 0 Å². The van der Waals surface area contributed by atoms with E-state index in [4.69, 9.17) is 5.53 Å². The fourth-order valence-electron chi connectivity index (χ4n) is 0.584. The Hall–Kier alpha value is -1.87. The van der Waals surface area contributed by atoms with Crippen LogP contribution in [-0.4, -0.2) is 0 Å². The summed E-state index contributed by atoms with van der Waals surface area (Å²) in [5.74, 6) is 0. The van der Waals surface area contributed by atoms with E-state index in [2.05, 4.69) is 20.5 Å². The molecule has 0 bridgehead atoms. The lowest BCUT2D eigenvalue weighted by Gasteiger charge is -1.81. The summed E-state index contributed by atoms with van der Waals surface area (Å²) in [7, 11) is 0. The molecule has 0 N–H and O–H groups in total. The lowest BCUT2D eigenvalue weighted by Crippen LogP contribution is -1.58. The summed E-state index contributed by atoms with van der Waals surface area (Å²) in [6.45, 7) is 0. The molecule has 0 aliphatic heterocycles. The number of hydrogen-bond donors (Lipinski definition) is 0. The molecule has 0 radical (unpaired) electrons. The molecule has 0 fully saturated rings. The van der Waals surface area contributed by atoms with Crippen LogP contribution in [0, 0.1) is 0 Å². The molecule has 5 heteroatoms. The Morgan fingerprint density at radius 2 is 1.91 bits per heavy atom. The molecule has 0 saturated carbocycles. The first kappa shape index (κ1) is 7.24. The van der Waals surface area contributed by atoms with Gasteiger partial charge in [0.05, 0.1) is 5.22 Å². The smallest absolute Gasteiger partial charge is 0.111 e. The van der Waals surface area contributed by atoms with Crippen molar-refractivity contribution in [1.29, 1.82) is 0 Å². The van der Waals surface area contributed by atoms with Crippen molar-refractivity contribution in [2.45, 2.75) is 0 Å². The van der Waals surface area contributed by atoms with E-state index in [9.17, 15) is 0 Å². The van der Waals surface area contributed by atoms with Crippen LogP contribution in [0.25, 0.3) is 10.4 Å². The average molecular weight is 147 g/mol. The third-order valence-corrected chi connectivity index (χ3v) is 0.996. The highest BCUT2D eigenvalue weighted by Gasteiger charge is 1.84. The molecule has 0 heterocycles. The standard InChI is InChI=1S/C6H5N5/c7-9-11-10-8-6-4-2-1-3-5-6/h1-5H. The van der Waals surface area contributed by atoms with E-state index in [1.165, 1.54) is 0 Å². The number of benzene rings is 1. The fraction of sp³-hybridized carbons (Fsp3) is 0. The molecule has 54 valence electrons. The Kier molecular flexibility index (Phi) is 2.65. The zero-order chi connectivity index (χ0) is 7.94. The molecule has 11 heavy (non-hydrogen) atoms. The molecular weight excluding hydrogens is 142 g/mol. The minimum Gasteiger partial charge on any atom is -0.163 e. The topological polar surface area (TPSA) is 73.5 Å². The first-order valence-corrected chi connectivity index (χ1v) is 2.93. The van der Waals surface area contributed by atoms with E-state index in [1.54, 1.807) is 12.1 Å². The summed E-state index contributed by atoms with van der Waals surface area (Å²) in [5, 5.41) is 9.70. The van der Waals surface area contributed by atoms with Gasteiger partial charge in [0.2, 0.25) is 0 Å². The predicted molar refractivity (Wildman–Crippen MR) is 40.1 cm³/mol. The van der Waals surface area contributed by atoms with Gasteiger partial charge in [0.15, 0.2) is 0 Å². The van der Waals surface area contributed by atoms with Crippen molar-refractivity contribution in [2.75, 3.05) is 0 Å². The van der Waals surface area contributed by atoms with Crippen LogP contribution in [0.1, 0.15) is 0 Å². The van der Waals surface area contributed by atoms with E-state index in [-0.39, 0.29) is 0 Å². The predicted octanol–water partition coefficient (Wildman–Crippen LogP) is 3.00. The van der Waals surface area contributed by atoms with Crippen LogP contribution in [0.5, 0.6) is 0 Å². The minimum atomic E-state index is 0.667. The molecule has 0 amide bonds. The lowest BCUT2D eigenvalue weighted by molar-refractivity contribution is 1.04. The molecule has 1 aromatic rings. The third-order valence-electron chi connectivity index (χ3n) is 0.996. The molecule has 0 atom stereocenters. The SMILES string of the molecule is [N-]=[N+]=NN=Nc1ccccc1. The van der Waals surface area contributed by atoms with Gasteiger partial charge in [-0.05, 0) is 17.2 Å². The maximum Gasteiger partial charge on any atom is 0.111 e. The highest BCUT2D eigenvalue weighted by molar-refractivity contribution is 5.34. The van der Waals surface area contributed by atoms with Crippen molar-refractivity contribution in [3.05, 3.63) is 40.8 Å². The van der Waals surface area contributed by atoms with E-state index < -0.39 is 0 Å². The Morgan fingerprint density at radius 1 is 1.18 bits per heavy atom. The molecule has 5 nitrogen and oxygen atoms in total. The molecule has 1 rings (SSSR count). The summed E-state index contributed by atoms with van der Waals surface area (Å²) in [6.07, 6.45) is 0. The van der Waals surface area contributed by atoms with E-state index in [0.717, 1.165) is 0 Å². The molecule has 0 spiro atoms. The van der Waals surface area contributed by atoms with Crippen molar-refractivity contribution >= 4 is 5.69 Å². The highest BCUT2D eigenvalue weighted by Crippen LogP contribution is 2.09. The first-order valence-electron chi connectivity index (χ1n) is 2.93. The maximum atomic E-state index is 7.85. The Morgan fingerprint density at radius 3 is 2.55 bits per heavy atom. The highest BCUT2D eigenvalue weighted by atomic mass is 15.5. The van der Waals surface area contributed by atoms with Gasteiger partial charge in [-0.15, -0.1) is 5.53 Å². The zero-order valence-electron chi connectivity index (χ0n) is 5.62. The summed E-state index contributed by atoms with van der Waals surface area (Å²) in [6, 6.07) is 9.04. The van der Waals surface area contributed by atoms with Crippen LogP contribution in [0.15, 0.2) is 45.9 Å². The number of azide groups is 1. The molecular formula is C6H5N5. The second kappa shape index (κ2) is 4.03. The molecule has 0 saturated heterocycles. The lowest BCUT2D eigenvalue weighted by atomic mass is 10.3. The van der Waals surface area contributed by atoms with Gasteiger partial charge in [-0.25, -0.2) is 0 Å². The van der Waals surface area contributed by atoms with Gasteiger partial charge in [0.25, 0.3) is 0 Å². The fourth-order valence-corrected chi connectivity index (χ4v) is 0.584. The number of nitrogens with zero attached hydrogens (tertiary/aromatic N) is 5. The van der Waals surface area contributed by atoms with Gasteiger partial charge >= 0.3 is 0 Å². The zero-order valence-corrected chi connectivity index (χ0v) is 5.62. The van der Waals surface area contributed by atoms with Gasteiger partial charge in [-0.2, -0.15) is 4.91 Å². The maximum absolute atomic E-state index is 7.85. The summed E-state index contributed by atoms with van der Waals surface area (Å²) >= 11 is 0. The Balaban J connectivity index is 2.72. The second-order valence-electron chi connectivity index (χ2n) is 1.70. The third kappa shape index (κ3) is 2.47. The van der Waals surface area contributed by atoms with Crippen molar-refractivity contribution in [1.82, 2.24) is 0 Å². The molecule has 0 unspecified atom stereocenters. The van der Waals surface area contributed by atoms with Crippen LogP contribution in [0.3, 0.4) is 0 Å². The van der Waals surface area contributed by atoms with E-state index in [0.29, 0.717) is 5.69 Å². The van der Waals surface area contributed by atoms with E-state index >= 15 is 0 Å². The van der Waals surface area contributed by atoms with E-state index in [1.807, 2.05) is 18.2 Å². The van der Waals surface area contributed by atoms with Gasteiger partial charge in [0, 0.05) is 0 Å². The minimum absolute atomic E-state index is 0.667. The molecule has 0 aromatic heterocycles. The quantitative estimate of drug-likeness (QED) is 0.267. The monoisotopic (exact) mass is 147 g/mol. The van der Waals surface area contributed by atoms with Crippen molar-refractivity contribution in [3.8, 4) is 0 Å². The second-order valence-corrected chi connectivity index (χ2v) is 1.70. The first-order chi connectivity index (χ1) is 5.43. The van der Waals surface area contributed by atoms with Gasteiger partial charge in [-0.1, -0.05) is 18.2 Å². The largest absolute Gasteiger partial charge is 0.163 e. The average Bonchev–Trinajstić information content (AvgIpc) is 2.07. The van der Waals surface area contributed by atoms with Crippen molar-refractivity contribution < 1.29 is 0 Å². The number of rotatable bonds is 2. The van der Waals surface area contributed by atoms with Crippen molar-refractivity contribution in [3.63, 3.8) is 0 Å². The van der Waals surface area contributed by atoms with Crippen LogP contribution in [-0.2, 0) is 0 Å².